The summed E-state index contributed by atoms with van der Waals surface area (Å²) in [7, 11) is 1.56. The average molecular weight is 469 g/mol. The van der Waals surface area contributed by atoms with Gasteiger partial charge in [0.05, 0.1) is 24.2 Å². The molecule has 0 spiro atoms. The van der Waals surface area contributed by atoms with Gasteiger partial charge in [0.15, 0.2) is 0 Å². The lowest BCUT2D eigenvalue weighted by molar-refractivity contribution is -0.116. The second-order valence-corrected chi connectivity index (χ2v) is 8.18. The van der Waals surface area contributed by atoms with Gasteiger partial charge in [-0.1, -0.05) is 30.3 Å². The molecular weight excluding hydrogens is 440 g/mol. The van der Waals surface area contributed by atoms with E-state index in [1.807, 2.05) is 61.0 Å². The topological polar surface area (TPSA) is 85.2 Å². The third kappa shape index (κ3) is 5.58. The molecule has 0 saturated carbocycles. The first-order valence-corrected chi connectivity index (χ1v) is 11.4. The molecule has 7 heteroatoms. The van der Waals surface area contributed by atoms with Crippen molar-refractivity contribution in [2.45, 2.75) is 26.7 Å². The normalized spacial score (nSPS) is 10.6. The van der Waals surface area contributed by atoms with Crippen LogP contribution in [0.3, 0.4) is 0 Å². The Labute approximate surface area is 204 Å². The summed E-state index contributed by atoms with van der Waals surface area (Å²) in [6.07, 6.45) is 0.925. The molecule has 0 bridgehead atoms. The molecule has 2 amide bonds. The van der Waals surface area contributed by atoms with E-state index in [-0.39, 0.29) is 11.8 Å². The van der Waals surface area contributed by atoms with E-state index in [0.717, 1.165) is 22.6 Å². The lowest BCUT2D eigenvalue weighted by Crippen LogP contribution is -2.14. The molecule has 0 fully saturated rings. The molecule has 0 aliphatic heterocycles. The molecule has 35 heavy (non-hydrogen) atoms. The molecule has 0 aliphatic rings. The van der Waals surface area contributed by atoms with Gasteiger partial charge in [-0.15, -0.1) is 0 Å². The van der Waals surface area contributed by atoms with E-state index < -0.39 is 0 Å². The third-order valence-corrected chi connectivity index (χ3v) is 5.83. The SMILES string of the molecule is COc1ccccc1NC(=O)c1ccc(NC(=O)CCc2c(C)nn(-c3ccccc3)c2C)cc1. The summed E-state index contributed by atoms with van der Waals surface area (Å²) in [5.41, 5.74) is 5.74. The van der Waals surface area contributed by atoms with E-state index in [4.69, 9.17) is 4.74 Å². The highest BCUT2D eigenvalue weighted by atomic mass is 16.5. The smallest absolute Gasteiger partial charge is 0.255 e. The number of aromatic nitrogens is 2. The number of hydrogen-bond acceptors (Lipinski definition) is 4. The van der Waals surface area contributed by atoms with Gasteiger partial charge in [-0.2, -0.15) is 5.10 Å². The van der Waals surface area contributed by atoms with E-state index in [2.05, 4.69) is 15.7 Å². The summed E-state index contributed by atoms with van der Waals surface area (Å²) in [6, 6.07) is 24.0. The maximum atomic E-state index is 12.6. The fourth-order valence-corrected chi connectivity index (χ4v) is 3.97. The predicted molar refractivity (Wildman–Crippen MR) is 137 cm³/mol. The van der Waals surface area contributed by atoms with Crippen molar-refractivity contribution in [2.75, 3.05) is 17.7 Å². The molecule has 4 aromatic rings. The van der Waals surface area contributed by atoms with Crippen LogP contribution in [0.4, 0.5) is 11.4 Å². The summed E-state index contributed by atoms with van der Waals surface area (Å²) in [5.74, 6) is 0.237. The zero-order valence-corrected chi connectivity index (χ0v) is 20.0. The lowest BCUT2D eigenvalue weighted by Gasteiger charge is -2.10. The Morgan fingerprint density at radius 2 is 1.57 bits per heavy atom. The van der Waals surface area contributed by atoms with Gasteiger partial charge < -0.3 is 15.4 Å². The van der Waals surface area contributed by atoms with Crippen LogP contribution in [0.15, 0.2) is 78.9 Å². The van der Waals surface area contributed by atoms with Crippen LogP contribution in [0, 0.1) is 13.8 Å². The minimum absolute atomic E-state index is 0.0949. The summed E-state index contributed by atoms with van der Waals surface area (Å²) in [6.45, 7) is 3.99. The maximum absolute atomic E-state index is 12.6. The van der Waals surface area contributed by atoms with E-state index in [0.29, 0.717) is 35.5 Å². The summed E-state index contributed by atoms with van der Waals surface area (Å²) in [4.78, 5) is 25.2. The number of benzene rings is 3. The largest absolute Gasteiger partial charge is 0.495 e. The van der Waals surface area contributed by atoms with Gasteiger partial charge in [0, 0.05) is 23.4 Å². The zero-order valence-electron chi connectivity index (χ0n) is 20.0. The highest BCUT2D eigenvalue weighted by Gasteiger charge is 2.15. The number of nitrogens with one attached hydrogen (secondary N) is 2. The van der Waals surface area contributed by atoms with E-state index >= 15 is 0 Å². The van der Waals surface area contributed by atoms with E-state index in [1.165, 1.54) is 0 Å². The highest BCUT2D eigenvalue weighted by molar-refractivity contribution is 6.05. The second kappa shape index (κ2) is 10.7. The van der Waals surface area contributed by atoms with Crippen molar-refractivity contribution >= 4 is 23.2 Å². The van der Waals surface area contributed by atoms with Gasteiger partial charge in [-0.3, -0.25) is 9.59 Å². The van der Waals surface area contributed by atoms with Gasteiger partial charge in [0.2, 0.25) is 5.91 Å². The molecule has 2 N–H and O–H groups in total. The molecule has 7 nitrogen and oxygen atoms in total. The minimum atomic E-state index is -0.256. The Morgan fingerprint density at radius 3 is 2.29 bits per heavy atom. The fraction of sp³-hybridized carbons (Fsp3) is 0.179. The Balaban J connectivity index is 1.35. The first-order chi connectivity index (χ1) is 17.0. The number of carbonyl (C=O) groups is 2. The number of rotatable bonds is 8. The monoisotopic (exact) mass is 468 g/mol. The van der Waals surface area contributed by atoms with Crippen LogP contribution in [0.2, 0.25) is 0 Å². The number of hydrogen-bond donors (Lipinski definition) is 2. The highest BCUT2D eigenvalue weighted by Crippen LogP contribution is 2.24. The van der Waals surface area contributed by atoms with Crippen LogP contribution in [0.25, 0.3) is 5.69 Å². The number of amides is 2. The molecule has 3 aromatic carbocycles. The Bertz CT molecular complexity index is 1330. The van der Waals surface area contributed by atoms with Crippen LogP contribution < -0.4 is 15.4 Å². The first kappa shape index (κ1) is 23.8. The molecule has 1 heterocycles. The quantitative estimate of drug-likeness (QED) is 0.366. The van der Waals surface area contributed by atoms with Gasteiger partial charge in [0.1, 0.15) is 5.75 Å². The first-order valence-electron chi connectivity index (χ1n) is 11.4. The van der Waals surface area contributed by atoms with Crippen molar-refractivity contribution in [2.24, 2.45) is 0 Å². The zero-order chi connectivity index (χ0) is 24.8. The Morgan fingerprint density at radius 1 is 0.886 bits per heavy atom. The van der Waals surface area contributed by atoms with Gasteiger partial charge in [0.25, 0.3) is 5.91 Å². The van der Waals surface area contributed by atoms with E-state index in [1.54, 1.807) is 43.5 Å². The fourth-order valence-electron chi connectivity index (χ4n) is 3.97. The van der Waals surface area contributed by atoms with Crippen molar-refractivity contribution in [3.05, 3.63) is 101 Å². The molecule has 0 unspecified atom stereocenters. The number of nitrogens with zero attached hydrogens (tertiary/aromatic N) is 2. The van der Waals surface area contributed by atoms with Gasteiger partial charge >= 0.3 is 0 Å². The number of carbonyl (C=O) groups excluding carboxylic acids is 2. The standard InChI is InChI=1S/C28H28N4O3/c1-19-24(20(2)32(31-19)23-9-5-4-6-10-23)17-18-27(33)29-22-15-13-21(14-16-22)28(34)30-25-11-7-8-12-26(25)35-3/h4-16H,17-18H2,1-3H3,(H,29,33)(H,30,34). The Kier molecular flexibility index (Phi) is 7.26. The van der Waals surface area contributed by atoms with Crippen molar-refractivity contribution < 1.29 is 14.3 Å². The van der Waals surface area contributed by atoms with E-state index in [9.17, 15) is 9.59 Å². The molecule has 0 aliphatic carbocycles. The number of ether oxygens (including phenoxy) is 1. The van der Waals surface area contributed by atoms with Gasteiger partial charge in [-0.25, -0.2) is 4.68 Å². The molecular formula is C28H28N4O3. The van der Waals surface area contributed by atoms with Gasteiger partial charge in [-0.05, 0) is 74.4 Å². The molecule has 0 atom stereocenters. The number of para-hydroxylation sites is 3. The third-order valence-electron chi connectivity index (χ3n) is 5.83. The van der Waals surface area contributed by atoms with Crippen molar-refractivity contribution in [3.8, 4) is 11.4 Å². The molecule has 4 rings (SSSR count). The molecule has 0 radical (unpaired) electrons. The number of aryl methyl sites for hydroxylation is 1. The molecule has 1 aromatic heterocycles. The van der Waals surface area contributed by atoms with Crippen LogP contribution in [-0.2, 0) is 11.2 Å². The lowest BCUT2D eigenvalue weighted by atomic mass is 10.1. The predicted octanol–water partition coefficient (Wildman–Crippen LogP) is 5.32. The van der Waals surface area contributed by atoms with Crippen molar-refractivity contribution in [1.29, 1.82) is 0 Å². The summed E-state index contributed by atoms with van der Waals surface area (Å²) in [5, 5.41) is 10.4. The number of anilines is 2. The minimum Gasteiger partial charge on any atom is -0.495 e. The van der Waals surface area contributed by atoms with Crippen molar-refractivity contribution in [1.82, 2.24) is 9.78 Å². The van der Waals surface area contributed by atoms with Crippen LogP contribution in [-0.4, -0.2) is 28.7 Å². The Hall–Kier alpha value is -4.39. The molecule has 178 valence electrons. The second-order valence-electron chi connectivity index (χ2n) is 8.18. The van der Waals surface area contributed by atoms with Crippen molar-refractivity contribution in [3.63, 3.8) is 0 Å². The van der Waals surface area contributed by atoms with Crippen LogP contribution in [0.1, 0.15) is 33.7 Å². The maximum Gasteiger partial charge on any atom is 0.255 e. The molecule has 0 saturated heterocycles. The van der Waals surface area contributed by atoms with Crippen LogP contribution in [0.5, 0.6) is 5.75 Å². The average Bonchev–Trinajstić information content (AvgIpc) is 3.17. The van der Waals surface area contributed by atoms with Crippen LogP contribution >= 0.6 is 0 Å². The summed E-state index contributed by atoms with van der Waals surface area (Å²) < 4.78 is 7.18. The summed E-state index contributed by atoms with van der Waals surface area (Å²) >= 11 is 0. The number of methoxy groups -OCH3 is 1.